The van der Waals surface area contributed by atoms with E-state index in [2.05, 4.69) is 36.0 Å². The maximum absolute atomic E-state index is 6.34. The van der Waals surface area contributed by atoms with E-state index >= 15 is 0 Å². The lowest BCUT2D eigenvalue weighted by molar-refractivity contribution is 0.0639. The van der Waals surface area contributed by atoms with Crippen molar-refractivity contribution in [1.82, 2.24) is 4.98 Å². The lowest BCUT2D eigenvalue weighted by Gasteiger charge is -2.43. The van der Waals surface area contributed by atoms with Gasteiger partial charge in [0, 0.05) is 13.1 Å². The van der Waals surface area contributed by atoms with Gasteiger partial charge in [-0.05, 0) is 26.3 Å². The number of nitrogens with zero attached hydrogens (tertiary/aromatic N) is 2. The summed E-state index contributed by atoms with van der Waals surface area (Å²) in [6.07, 6.45) is 1.01. The monoisotopic (exact) mass is 317 g/mol. The molecule has 1 aromatic heterocycles. The van der Waals surface area contributed by atoms with Crippen LogP contribution in [0.4, 0.5) is 11.6 Å². The normalized spacial score (nSPS) is 18.1. The van der Waals surface area contributed by atoms with Crippen molar-refractivity contribution in [2.75, 3.05) is 36.5 Å². The van der Waals surface area contributed by atoms with Crippen LogP contribution in [0, 0.1) is 0 Å². The number of hydrogen-bond acceptors (Lipinski definition) is 4. The third kappa shape index (κ3) is 3.30. The average Bonchev–Trinajstić information content (AvgIpc) is 2.38. The minimum atomic E-state index is -0.134. The highest BCUT2D eigenvalue weighted by molar-refractivity contribution is 6.37. The molecule has 1 fully saturated rings. The molecule has 0 spiro atoms. The number of hydrogen-bond donors (Lipinski definition) is 1. The minimum absolute atomic E-state index is 0.134. The molecule has 6 heteroatoms. The van der Waals surface area contributed by atoms with Gasteiger partial charge in [0.15, 0.2) is 5.82 Å². The van der Waals surface area contributed by atoms with E-state index in [0.717, 1.165) is 25.3 Å². The molecule has 2 rings (SSSR count). The fourth-order valence-corrected chi connectivity index (χ4v) is 2.79. The minimum Gasteiger partial charge on any atom is -0.377 e. The number of nitrogens with one attached hydrogen (secondary N) is 1. The van der Waals surface area contributed by atoms with Crippen LogP contribution in [0.5, 0.6) is 0 Å². The van der Waals surface area contributed by atoms with Gasteiger partial charge in [-0.1, -0.05) is 30.1 Å². The van der Waals surface area contributed by atoms with Gasteiger partial charge in [0.25, 0.3) is 0 Å². The molecule has 20 heavy (non-hydrogen) atoms. The first-order valence-corrected chi connectivity index (χ1v) is 7.66. The van der Waals surface area contributed by atoms with Gasteiger partial charge in [-0.2, -0.15) is 0 Å². The maximum Gasteiger partial charge on any atom is 0.150 e. The van der Waals surface area contributed by atoms with Gasteiger partial charge in [-0.15, -0.1) is 0 Å². The second kappa shape index (κ2) is 6.37. The number of pyridine rings is 1. The Bertz CT molecular complexity index is 480. The topological polar surface area (TPSA) is 37.4 Å². The van der Waals surface area contributed by atoms with Crippen LogP contribution < -0.4 is 10.2 Å². The molecule has 4 nitrogen and oxygen atoms in total. The van der Waals surface area contributed by atoms with Crippen molar-refractivity contribution < 1.29 is 4.74 Å². The molecule has 1 aliphatic rings. The van der Waals surface area contributed by atoms with Crippen molar-refractivity contribution in [3.63, 3.8) is 0 Å². The smallest absolute Gasteiger partial charge is 0.150 e. The van der Waals surface area contributed by atoms with E-state index in [1.165, 1.54) is 0 Å². The third-order valence-corrected chi connectivity index (χ3v) is 3.92. The summed E-state index contributed by atoms with van der Waals surface area (Å²) in [4.78, 5) is 6.81. The first kappa shape index (κ1) is 15.7. The molecule has 0 radical (unpaired) electrons. The standard InChI is InChI=1S/C14H21Cl2N3O/c1-4-5-17-12-10(15)8-11(16)13(18-12)19-6-7-20-9-14(19,2)3/h8H,4-7,9H2,1-3H3,(H,17,18). The van der Waals surface area contributed by atoms with Crippen molar-refractivity contribution in [2.45, 2.75) is 32.7 Å². The van der Waals surface area contributed by atoms with E-state index < -0.39 is 0 Å². The summed E-state index contributed by atoms with van der Waals surface area (Å²) in [5.41, 5.74) is -0.134. The number of aromatic nitrogens is 1. The van der Waals surface area contributed by atoms with Crippen molar-refractivity contribution >= 4 is 34.8 Å². The predicted octanol–water partition coefficient (Wildman–Crippen LogP) is 3.83. The first-order valence-electron chi connectivity index (χ1n) is 6.91. The number of anilines is 2. The van der Waals surface area contributed by atoms with E-state index in [1.807, 2.05) is 0 Å². The van der Waals surface area contributed by atoms with E-state index in [-0.39, 0.29) is 5.54 Å². The van der Waals surface area contributed by atoms with Crippen LogP contribution in [0.15, 0.2) is 6.07 Å². The molecule has 0 unspecified atom stereocenters. The summed E-state index contributed by atoms with van der Waals surface area (Å²) in [6.45, 7) is 9.29. The molecular formula is C14H21Cl2N3O. The SMILES string of the molecule is CCCNc1nc(N2CCOCC2(C)C)c(Cl)cc1Cl. The van der Waals surface area contributed by atoms with Crippen LogP contribution in [0.2, 0.25) is 10.0 Å². The van der Waals surface area contributed by atoms with Crippen molar-refractivity contribution in [3.05, 3.63) is 16.1 Å². The van der Waals surface area contributed by atoms with Crippen LogP contribution in [0.25, 0.3) is 0 Å². The molecular weight excluding hydrogens is 297 g/mol. The van der Waals surface area contributed by atoms with Gasteiger partial charge in [0.2, 0.25) is 0 Å². The Morgan fingerprint density at radius 2 is 2.15 bits per heavy atom. The second-order valence-electron chi connectivity index (χ2n) is 5.57. The third-order valence-electron chi connectivity index (χ3n) is 3.35. The van der Waals surface area contributed by atoms with E-state index in [0.29, 0.717) is 29.1 Å². The molecule has 0 bridgehead atoms. The van der Waals surface area contributed by atoms with Crippen molar-refractivity contribution in [3.8, 4) is 0 Å². The zero-order chi connectivity index (χ0) is 14.8. The highest BCUT2D eigenvalue weighted by Gasteiger charge is 2.33. The summed E-state index contributed by atoms with van der Waals surface area (Å²) < 4.78 is 5.54. The maximum atomic E-state index is 6.34. The molecule has 1 saturated heterocycles. The summed E-state index contributed by atoms with van der Waals surface area (Å²) >= 11 is 12.5. The predicted molar refractivity (Wildman–Crippen MR) is 85.3 cm³/mol. The quantitative estimate of drug-likeness (QED) is 0.915. The number of morpholine rings is 1. The molecule has 1 aromatic rings. The van der Waals surface area contributed by atoms with Crippen molar-refractivity contribution in [2.24, 2.45) is 0 Å². The molecule has 0 aliphatic carbocycles. The Labute approximate surface area is 130 Å². The molecule has 2 heterocycles. The van der Waals surface area contributed by atoms with Gasteiger partial charge >= 0.3 is 0 Å². The van der Waals surface area contributed by atoms with Crippen LogP contribution in [-0.4, -0.2) is 36.8 Å². The van der Waals surface area contributed by atoms with E-state index in [1.54, 1.807) is 6.07 Å². The number of halogens is 2. The zero-order valence-corrected chi connectivity index (χ0v) is 13.7. The lowest BCUT2D eigenvalue weighted by Crippen LogP contribution is -2.53. The summed E-state index contributed by atoms with van der Waals surface area (Å²) in [6, 6.07) is 1.76. The second-order valence-corrected chi connectivity index (χ2v) is 6.38. The van der Waals surface area contributed by atoms with E-state index in [9.17, 15) is 0 Å². The van der Waals surface area contributed by atoms with Gasteiger partial charge in [-0.25, -0.2) is 4.98 Å². The molecule has 0 saturated carbocycles. The Hall–Kier alpha value is -0.710. The van der Waals surface area contributed by atoms with Crippen molar-refractivity contribution in [1.29, 1.82) is 0 Å². The molecule has 0 atom stereocenters. The molecule has 0 amide bonds. The van der Waals surface area contributed by atoms with E-state index in [4.69, 9.17) is 27.9 Å². The molecule has 1 aliphatic heterocycles. The lowest BCUT2D eigenvalue weighted by atomic mass is 10.0. The Kier molecular flexibility index (Phi) is 4.99. The average molecular weight is 318 g/mol. The Morgan fingerprint density at radius 1 is 1.40 bits per heavy atom. The van der Waals surface area contributed by atoms with Crippen LogP contribution in [-0.2, 0) is 4.74 Å². The fourth-order valence-electron chi connectivity index (χ4n) is 2.26. The highest BCUT2D eigenvalue weighted by Crippen LogP contribution is 2.35. The summed E-state index contributed by atoms with van der Waals surface area (Å²) in [5.74, 6) is 1.46. The highest BCUT2D eigenvalue weighted by atomic mass is 35.5. The van der Waals surface area contributed by atoms with Crippen LogP contribution >= 0.6 is 23.2 Å². The fraction of sp³-hybridized carbons (Fsp3) is 0.643. The van der Waals surface area contributed by atoms with Gasteiger partial charge in [0.05, 0.1) is 28.8 Å². The first-order chi connectivity index (χ1) is 9.45. The van der Waals surface area contributed by atoms with Gasteiger partial charge in [-0.3, -0.25) is 0 Å². The number of ether oxygens (including phenoxy) is 1. The number of rotatable bonds is 4. The van der Waals surface area contributed by atoms with Gasteiger partial charge in [0.1, 0.15) is 5.82 Å². The zero-order valence-electron chi connectivity index (χ0n) is 12.2. The molecule has 112 valence electrons. The largest absolute Gasteiger partial charge is 0.377 e. The Balaban J connectivity index is 2.34. The summed E-state index contributed by atoms with van der Waals surface area (Å²) in [7, 11) is 0. The van der Waals surface area contributed by atoms with Crippen LogP contribution in [0.1, 0.15) is 27.2 Å². The summed E-state index contributed by atoms with van der Waals surface area (Å²) in [5, 5.41) is 4.37. The molecule has 0 aromatic carbocycles. The Morgan fingerprint density at radius 3 is 2.80 bits per heavy atom. The van der Waals surface area contributed by atoms with Crippen LogP contribution in [0.3, 0.4) is 0 Å². The van der Waals surface area contributed by atoms with Gasteiger partial charge < -0.3 is 15.0 Å². The molecule has 1 N–H and O–H groups in total.